The van der Waals surface area contributed by atoms with E-state index in [0.717, 1.165) is 34.9 Å². The number of aryl methyl sites for hydroxylation is 2. The molecule has 0 saturated carbocycles. The van der Waals surface area contributed by atoms with E-state index >= 15 is 0 Å². The van der Waals surface area contributed by atoms with E-state index in [-0.39, 0.29) is 5.69 Å². The van der Waals surface area contributed by atoms with E-state index in [1.165, 1.54) is 0 Å². The van der Waals surface area contributed by atoms with Gasteiger partial charge in [0.1, 0.15) is 5.69 Å². The highest BCUT2D eigenvalue weighted by Crippen LogP contribution is 2.34. The Balaban J connectivity index is 1.93. The molecule has 0 fully saturated rings. The molecule has 0 amide bonds. The zero-order valence-electron chi connectivity index (χ0n) is 13.6. The van der Waals surface area contributed by atoms with Gasteiger partial charge >= 0.3 is 11.2 Å². The lowest BCUT2D eigenvalue weighted by atomic mass is 9.99. The van der Waals surface area contributed by atoms with Crippen LogP contribution >= 0.6 is 0 Å². The molecule has 0 radical (unpaired) electrons. The van der Waals surface area contributed by atoms with Crippen LogP contribution in [0.2, 0.25) is 0 Å². The Hall–Kier alpha value is -3.15. The molecule has 0 spiro atoms. The molecule has 0 saturated heterocycles. The normalized spacial score (nSPS) is 13.0. The summed E-state index contributed by atoms with van der Waals surface area (Å²) in [5.74, 6) is 0. The fraction of sp³-hybridized carbons (Fsp3) is 0.211. The van der Waals surface area contributed by atoms with Crippen LogP contribution in [-0.2, 0) is 19.5 Å². The average molecular weight is 335 g/mol. The van der Waals surface area contributed by atoms with E-state index in [2.05, 4.69) is 5.32 Å². The highest BCUT2D eigenvalue weighted by Gasteiger charge is 2.28. The van der Waals surface area contributed by atoms with Crippen molar-refractivity contribution in [2.24, 2.45) is 0 Å². The predicted octanol–water partition coefficient (Wildman–Crippen LogP) is 3.47. The maximum Gasteiger partial charge on any atom is 0.357 e. The fourth-order valence-corrected chi connectivity index (χ4v) is 3.55. The molecule has 4 rings (SSSR count). The van der Waals surface area contributed by atoms with Crippen molar-refractivity contribution in [3.8, 4) is 0 Å². The molecule has 3 aromatic rings. The minimum Gasteiger partial charge on any atom is -0.375 e. The summed E-state index contributed by atoms with van der Waals surface area (Å²) >= 11 is 0. The monoisotopic (exact) mass is 335 g/mol. The van der Waals surface area contributed by atoms with E-state index in [4.69, 9.17) is 0 Å². The van der Waals surface area contributed by atoms with Gasteiger partial charge in [0.05, 0.1) is 10.4 Å². The SMILES string of the molecule is O=c1c([N+](=O)[O-])c(NCc2ccccc2)c2cccc3c2n1CCC3. The Kier molecular flexibility index (Phi) is 3.72. The van der Waals surface area contributed by atoms with Gasteiger partial charge in [-0.3, -0.25) is 14.9 Å². The van der Waals surface area contributed by atoms with Crippen molar-refractivity contribution < 1.29 is 4.92 Å². The maximum absolute atomic E-state index is 12.8. The first-order chi connectivity index (χ1) is 12.2. The molecule has 1 aliphatic heterocycles. The Labute approximate surface area is 143 Å². The molecular formula is C19H17N3O3. The van der Waals surface area contributed by atoms with Gasteiger partial charge in [-0.1, -0.05) is 48.5 Å². The average Bonchev–Trinajstić information content (AvgIpc) is 2.63. The van der Waals surface area contributed by atoms with Gasteiger partial charge in [0, 0.05) is 18.5 Å². The predicted molar refractivity (Wildman–Crippen MR) is 97.0 cm³/mol. The molecule has 6 heteroatoms. The van der Waals surface area contributed by atoms with Crippen LogP contribution in [0.4, 0.5) is 11.4 Å². The Morgan fingerprint density at radius 3 is 2.68 bits per heavy atom. The van der Waals surface area contributed by atoms with Gasteiger partial charge in [-0.2, -0.15) is 0 Å². The Morgan fingerprint density at radius 2 is 1.92 bits per heavy atom. The number of rotatable bonds is 4. The lowest BCUT2D eigenvalue weighted by Crippen LogP contribution is -2.27. The second-order valence-corrected chi connectivity index (χ2v) is 6.19. The summed E-state index contributed by atoms with van der Waals surface area (Å²) in [5.41, 5.74) is 2.30. The van der Waals surface area contributed by atoms with Gasteiger partial charge in [0.2, 0.25) is 0 Å². The van der Waals surface area contributed by atoms with Gasteiger partial charge in [0.25, 0.3) is 0 Å². The highest BCUT2D eigenvalue weighted by atomic mass is 16.6. The molecule has 6 nitrogen and oxygen atoms in total. The first-order valence-electron chi connectivity index (χ1n) is 8.27. The van der Waals surface area contributed by atoms with Crippen LogP contribution in [0.25, 0.3) is 10.9 Å². The largest absolute Gasteiger partial charge is 0.375 e. The van der Waals surface area contributed by atoms with Crippen molar-refractivity contribution in [3.63, 3.8) is 0 Å². The Bertz CT molecular complexity index is 1030. The van der Waals surface area contributed by atoms with Gasteiger partial charge in [0.15, 0.2) is 0 Å². The van der Waals surface area contributed by atoms with E-state index in [1.54, 1.807) is 4.57 Å². The van der Waals surface area contributed by atoms with Gasteiger partial charge in [-0.05, 0) is 24.0 Å². The maximum atomic E-state index is 12.8. The minimum atomic E-state index is -0.570. The van der Waals surface area contributed by atoms with E-state index in [1.807, 2.05) is 48.5 Å². The van der Waals surface area contributed by atoms with Crippen LogP contribution in [0.5, 0.6) is 0 Å². The lowest BCUT2D eigenvalue weighted by molar-refractivity contribution is -0.385. The van der Waals surface area contributed by atoms with Gasteiger partial charge in [-0.25, -0.2) is 0 Å². The van der Waals surface area contributed by atoms with Gasteiger partial charge < -0.3 is 9.88 Å². The van der Waals surface area contributed by atoms with Crippen molar-refractivity contribution in [2.75, 3.05) is 5.32 Å². The standard InChI is InChI=1S/C19H17N3O3/c23-19-18(22(24)25)16(20-12-13-6-2-1-3-7-13)15-10-4-8-14-9-5-11-21(19)17(14)15/h1-4,6-8,10,20H,5,9,11-12H2. The number of benzene rings is 2. The van der Waals surface area contributed by atoms with Crippen LogP contribution < -0.4 is 10.9 Å². The van der Waals surface area contributed by atoms with Crippen LogP contribution in [0.15, 0.2) is 53.3 Å². The van der Waals surface area contributed by atoms with E-state index in [9.17, 15) is 14.9 Å². The summed E-state index contributed by atoms with van der Waals surface area (Å²) < 4.78 is 1.56. The third-order valence-electron chi connectivity index (χ3n) is 4.67. The molecule has 0 unspecified atom stereocenters. The molecular weight excluding hydrogens is 318 g/mol. The Morgan fingerprint density at radius 1 is 1.12 bits per heavy atom. The zero-order chi connectivity index (χ0) is 17.4. The first kappa shape index (κ1) is 15.4. The number of nitrogens with zero attached hydrogens (tertiary/aromatic N) is 2. The second-order valence-electron chi connectivity index (χ2n) is 6.19. The smallest absolute Gasteiger partial charge is 0.357 e. The molecule has 25 heavy (non-hydrogen) atoms. The molecule has 126 valence electrons. The highest BCUT2D eigenvalue weighted by molar-refractivity contribution is 5.98. The number of pyridine rings is 1. The number of nitro groups is 1. The van der Waals surface area contributed by atoms with E-state index in [0.29, 0.717) is 18.8 Å². The van der Waals surface area contributed by atoms with E-state index < -0.39 is 10.5 Å². The van der Waals surface area contributed by atoms with Crippen LogP contribution in [0, 0.1) is 10.1 Å². The summed E-state index contributed by atoms with van der Waals surface area (Å²) in [5, 5.41) is 15.5. The number of hydrogen-bond acceptors (Lipinski definition) is 4. The molecule has 1 aromatic heterocycles. The van der Waals surface area contributed by atoms with Crippen molar-refractivity contribution >= 4 is 22.3 Å². The quantitative estimate of drug-likeness (QED) is 0.585. The molecule has 2 aromatic carbocycles. The third kappa shape index (κ3) is 2.55. The minimum absolute atomic E-state index is 0.314. The fourth-order valence-electron chi connectivity index (χ4n) is 3.55. The first-order valence-corrected chi connectivity index (χ1v) is 8.27. The molecule has 2 heterocycles. The molecule has 0 bridgehead atoms. The molecule has 1 aliphatic rings. The summed E-state index contributed by atoms with van der Waals surface area (Å²) in [7, 11) is 0. The summed E-state index contributed by atoms with van der Waals surface area (Å²) in [6.07, 6.45) is 1.70. The third-order valence-corrected chi connectivity index (χ3v) is 4.67. The number of anilines is 1. The number of hydrogen-bond donors (Lipinski definition) is 1. The zero-order valence-corrected chi connectivity index (χ0v) is 13.6. The number of nitrogens with one attached hydrogen (secondary N) is 1. The number of aromatic nitrogens is 1. The lowest BCUT2D eigenvalue weighted by Gasteiger charge is -2.21. The van der Waals surface area contributed by atoms with Crippen molar-refractivity contribution in [1.82, 2.24) is 4.57 Å². The molecule has 0 atom stereocenters. The van der Waals surface area contributed by atoms with Crippen LogP contribution in [0.3, 0.4) is 0 Å². The topological polar surface area (TPSA) is 77.2 Å². The van der Waals surface area contributed by atoms with Gasteiger partial charge in [-0.15, -0.1) is 0 Å². The summed E-state index contributed by atoms with van der Waals surface area (Å²) in [6.45, 7) is 0.941. The summed E-state index contributed by atoms with van der Waals surface area (Å²) in [4.78, 5) is 23.8. The van der Waals surface area contributed by atoms with Crippen molar-refractivity contribution in [1.29, 1.82) is 0 Å². The summed E-state index contributed by atoms with van der Waals surface area (Å²) in [6, 6.07) is 15.4. The van der Waals surface area contributed by atoms with Crippen LogP contribution in [-0.4, -0.2) is 9.49 Å². The second kappa shape index (κ2) is 6.05. The molecule has 1 N–H and O–H groups in total. The van der Waals surface area contributed by atoms with Crippen molar-refractivity contribution in [2.45, 2.75) is 25.9 Å². The van der Waals surface area contributed by atoms with Crippen LogP contribution in [0.1, 0.15) is 17.5 Å². The molecule has 0 aliphatic carbocycles. The van der Waals surface area contributed by atoms with Crippen molar-refractivity contribution in [3.05, 3.63) is 80.1 Å². The number of para-hydroxylation sites is 1.